The Kier molecular flexibility index (Phi) is 4.64. The Morgan fingerprint density at radius 2 is 1.70 bits per heavy atom. The third kappa shape index (κ3) is 3.67. The molecule has 168 valence electrons. The minimum absolute atomic E-state index is 0.00138. The van der Waals surface area contributed by atoms with Crippen LogP contribution in [0.1, 0.15) is 11.1 Å². The van der Waals surface area contributed by atoms with Gasteiger partial charge in [-0.15, -0.1) is 0 Å². The highest BCUT2D eigenvalue weighted by molar-refractivity contribution is 6.32. The van der Waals surface area contributed by atoms with Crippen LogP contribution < -0.4 is 10.1 Å². The van der Waals surface area contributed by atoms with E-state index in [1.165, 1.54) is 30.5 Å². The van der Waals surface area contributed by atoms with Crippen molar-refractivity contribution in [2.45, 2.75) is 12.4 Å². The minimum atomic E-state index is -4.64. The molecule has 0 fully saturated rings. The normalized spacial score (nSPS) is 13.2. The lowest BCUT2D eigenvalue weighted by atomic mass is 10.1. The van der Waals surface area contributed by atoms with Crippen LogP contribution in [0.5, 0.6) is 11.5 Å². The molecule has 12 heteroatoms. The number of rotatable bonds is 1. The van der Waals surface area contributed by atoms with Crippen LogP contribution in [0.2, 0.25) is 5.15 Å². The van der Waals surface area contributed by atoms with Crippen molar-refractivity contribution < 1.29 is 31.1 Å². The monoisotopic (exact) mass is 482 g/mol. The second kappa shape index (κ2) is 7.20. The lowest BCUT2D eigenvalue weighted by Gasteiger charge is -2.24. The zero-order chi connectivity index (χ0) is 23.5. The number of aromatic nitrogens is 3. The van der Waals surface area contributed by atoms with Crippen molar-refractivity contribution >= 4 is 34.0 Å². The number of nitrogens with one attached hydrogen (secondary N) is 1. The van der Waals surface area contributed by atoms with Gasteiger partial charge in [0.05, 0.1) is 28.2 Å². The molecule has 1 aliphatic heterocycles. The van der Waals surface area contributed by atoms with E-state index in [-0.39, 0.29) is 45.1 Å². The van der Waals surface area contributed by atoms with Gasteiger partial charge >= 0.3 is 12.4 Å². The molecule has 4 aromatic rings. The number of hydrogen-bond acceptors (Lipinski definition) is 5. The molecule has 1 N–H and O–H groups in total. The van der Waals surface area contributed by atoms with Gasteiger partial charge in [0.15, 0.2) is 22.3 Å². The van der Waals surface area contributed by atoms with E-state index in [1.807, 2.05) is 0 Å². The van der Waals surface area contributed by atoms with E-state index in [0.29, 0.717) is 5.39 Å². The average molecular weight is 483 g/mol. The van der Waals surface area contributed by atoms with E-state index in [4.69, 9.17) is 16.3 Å². The number of nitrogens with zero attached hydrogens (tertiary/aromatic N) is 3. The van der Waals surface area contributed by atoms with Crippen LogP contribution >= 0.6 is 11.6 Å². The van der Waals surface area contributed by atoms with E-state index < -0.39 is 23.5 Å². The van der Waals surface area contributed by atoms with Crippen molar-refractivity contribution in [1.29, 1.82) is 0 Å². The highest BCUT2D eigenvalue weighted by Crippen LogP contribution is 2.49. The lowest BCUT2D eigenvalue weighted by Crippen LogP contribution is -2.10. The molecule has 4 heterocycles. The van der Waals surface area contributed by atoms with Gasteiger partial charge in [-0.25, -0.2) is 9.97 Å². The number of hydrogen-bond donors (Lipinski definition) is 1. The molecule has 0 radical (unpaired) electrons. The third-order valence-electron chi connectivity index (χ3n) is 4.90. The van der Waals surface area contributed by atoms with Crippen molar-refractivity contribution in [3.05, 3.63) is 64.9 Å². The van der Waals surface area contributed by atoms with Gasteiger partial charge in [0.25, 0.3) is 0 Å². The summed E-state index contributed by atoms with van der Waals surface area (Å²) in [5, 5.41) is 3.06. The molecular formula is C21H9ClF6N4O. The Labute approximate surface area is 186 Å². The van der Waals surface area contributed by atoms with Crippen LogP contribution in [-0.4, -0.2) is 15.0 Å². The summed E-state index contributed by atoms with van der Waals surface area (Å²) in [6.07, 6.45) is -7.99. The molecule has 1 aliphatic rings. The number of benzene rings is 1. The first-order chi connectivity index (χ1) is 15.5. The maximum Gasteiger partial charge on any atom is 0.418 e. The van der Waals surface area contributed by atoms with Crippen LogP contribution in [0, 0.1) is 0 Å². The largest absolute Gasteiger partial charge is 0.450 e. The van der Waals surface area contributed by atoms with Crippen molar-refractivity contribution in [2.24, 2.45) is 0 Å². The van der Waals surface area contributed by atoms with Crippen LogP contribution in [0.15, 0.2) is 48.7 Å². The maximum atomic E-state index is 13.4. The summed E-state index contributed by atoms with van der Waals surface area (Å²) >= 11 is 6.19. The summed E-state index contributed by atoms with van der Waals surface area (Å²) in [6, 6.07) is 7.77. The SMILES string of the molecule is FC(F)(F)c1ccc2c(c1)Oc1c(Cl)nc3nc(-c4ncccc4C(F)(F)F)ccc3c1N2. The lowest BCUT2D eigenvalue weighted by molar-refractivity contribution is -0.138. The van der Waals surface area contributed by atoms with Gasteiger partial charge in [-0.1, -0.05) is 11.6 Å². The predicted molar refractivity (Wildman–Crippen MR) is 108 cm³/mol. The van der Waals surface area contributed by atoms with Gasteiger partial charge in [0, 0.05) is 11.6 Å². The number of ether oxygens (including phenoxy) is 1. The number of anilines is 2. The first-order valence-electron chi connectivity index (χ1n) is 9.21. The Balaban J connectivity index is 1.62. The number of pyridine rings is 3. The molecule has 0 bridgehead atoms. The van der Waals surface area contributed by atoms with Gasteiger partial charge in [0.1, 0.15) is 5.69 Å². The van der Waals surface area contributed by atoms with Crippen molar-refractivity contribution in [2.75, 3.05) is 5.32 Å². The van der Waals surface area contributed by atoms with E-state index in [0.717, 1.165) is 18.2 Å². The molecular weight excluding hydrogens is 474 g/mol. The molecule has 5 rings (SSSR count). The fraction of sp³-hybridized carbons (Fsp3) is 0.0952. The molecule has 0 aliphatic carbocycles. The standard InChI is InChI=1S/C21H9ClF6N4O/c22-18-17-15(30-12-5-3-9(20(23,24)25)8-14(12)33-17)10-4-6-13(31-19(10)32-18)16-11(21(26,27)28)2-1-7-29-16/h1-8,30H. The molecule has 0 amide bonds. The van der Waals surface area contributed by atoms with E-state index >= 15 is 0 Å². The van der Waals surface area contributed by atoms with Crippen LogP contribution in [-0.2, 0) is 12.4 Å². The van der Waals surface area contributed by atoms with Crippen LogP contribution in [0.25, 0.3) is 22.4 Å². The highest BCUT2D eigenvalue weighted by atomic mass is 35.5. The highest BCUT2D eigenvalue weighted by Gasteiger charge is 2.35. The molecule has 0 atom stereocenters. The molecule has 0 spiro atoms. The first-order valence-corrected chi connectivity index (χ1v) is 9.59. The van der Waals surface area contributed by atoms with Gasteiger partial charge in [0.2, 0.25) is 0 Å². The molecule has 5 nitrogen and oxygen atoms in total. The summed E-state index contributed by atoms with van der Waals surface area (Å²) in [4.78, 5) is 12.1. The molecule has 0 saturated heterocycles. The smallest absolute Gasteiger partial charge is 0.418 e. The van der Waals surface area contributed by atoms with Gasteiger partial charge in [-0.2, -0.15) is 26.3 Å². The number of halogens is 7. The van der Waals surface area contributed by atoms with Crippen molar-refractivity contribution in [3.8, 4) is 22.9 Å². The second-order valence-corrected chi connectivity index (χ2v) is 7.37. The number of alkyl halides is 6. The zero-order valence-corrected chi connectivity index (χ0v) is 16.8. The van der Waals surface area contributed by atoms with Gasteiger partial charge < -0.3 is 10.1 Å². The summed E-state index contributed by atoms with van der Waals surface area (Å²) < 4.78 is 84.8. The molecule has 3 aromatic heterocycles. The Morgan fingerprint density at radius 3 is 2.42 bits per heavy atom. The van der Waals surface area contributed by atoms with Crippen molar-refractivity contribution in [1.82, 2.24) is 15.0 Å². The predicted octanol–water partition coefficient (Wildman–Crippen LogP) is 7.23. The quantitative estimate of drug-likeness (QED) is 0.202. The van der Waals surface area contributed by atoms with Crippen molar-refractivity contribution in [3.63, 3.8) is 0 Å². The Bertz CT molecular complexity index is 1420. The van der Waals surface area contributed by atoms with E-state index in [1.54, 1.807) is 0 Å². The Morgan fingerprint density at radius 1 is 0.909 bits per heavy atom. The van der Waals surface area contributed by atoms with Gasteiger partial charge in [-0.3, -0.25) is 4.98 Å². The van der Waals surface area contributed by atoms with E-state index in [9.17, 15) is 26.3 Å². The average Bonchev–Trinajstić information content (AvgIpc) is 2.76. The molecule has 0 saturated carbocycles. The van der Waals surface area contributed by atoms with Crippen LogP contribution in [0.3, 0.4) is 0 Å². The molecule has 33 heavy (non-hydrogen) atoms. The topological polar surface area (TPSA) is 59.9 Å². The Hall–Kier alpha value is -3.60. The van der Waals surface area contributed by atoms with E-state index in [2.05, 4.69) is 20.3 Å². The zero-order valence-electron chi connectivity index (χ0n) is 16.0. The summed E-state index contributed by atoms with van der Waals surface area (Å²) in [6.45, 7) is 0. The number of fused-ring (bicyclic) bond motifs is 4. The third-order valence-corrected chi connectivity index (χ3v) is 5.16. The summed E-state index contributed by atoms with van der Waals surface area (Å²) in [7, 11) is 0. The fourth-order valence-electron chi connectivity index (χ4n) is 3.42. The second-order valence-electron chi connectivity index (χ2n) is 7.01. The maximum absolute atomic E-state index is 13.4. The molecule has 1 aromatic carbocycles. The van der Waals surface area contributed by atoms with Crippen LogP contribution in [0.4, 0.5) is 37.7 Å². The fourth-order valence-corrected chi connectivity index (χ4v) is 3.63. The first kappa shape index (κ1) is 21.3. The summed E-state index contributed by atoms with van der Waals surface area (Å²) in [5.41, 5.74) is -1.81. The molecule has 0 unspecified atom stereocenters. The summed E-state index contributed by atoms with van der Waals surface area (Å²) in [5.74, 6) is -0.132. The minimum Gasteiger partial charge on any atom is -0.450 e. The van der Waals surface area contributed by atoms with Gasteiger partial charge in [-0.05, 0) is 42.5 Å².